The lowest BCUT2D eigenvalue weighted by Crippen LogP contribution is -2.49. The van der Waals surface area contributed by atoms with Gasteiger partial charge in [0.1, 0.15) is 11.6 Å². The first-order chi connectivity index (χ1) is 17.3. The van der Waals surface area contributed by atoms with E-state index in [4.69, 9.17) is 16.3 Å². The maximum atomic E-state index is 14.0. The number of rotatable bonds is 7. The quantitative estimate of drug-likeness (QED) is 0.451. The highest BCUT2D eigenvalue weighted by atomic mass is 35.5. The lowest BCUT2D eigenvalue weighted by atomic mass is 10.0. The molecule has 1 aliphatic heterocycles. The molecule has 188 valence electrons. The predicted octanol–water partition coefficient (Wildman–Crippen LogP) is 5.58. The molecular weight excluding hydrogens is 481 g/mol. The third-order valence-electron chi connectivity index (χ3n) is 6.16. The normalized spacial score (nSPS) is 13.6. The van der Waals surface area contributed by atoms with Crippen LogP contribution in [0.4, 0.5) is 15.8 Å². The fraction of sp³-hybridized carbons (Fsp3) is 0.286. The van der Waals surface area contributed by atoms with Gasteiger partial charge in [0.15, 0.2) is 6.61 Å². The Morgan fingerprint density at radius 1 is 1.00 bits per heavy atom. The zero-order valence-electron chi connectivity index (χ0n) is 20.3. The molecule has 1 saturated heterocycles. The number of ether oxygens (including phenoxy) is 1. The SMILES string of the molecule is CC(C)c1ccc(OCC(=O)Nc2cc(Cl)ccc2N2CCN(C(=O)c3ccccc3F)CC2)cc1. The van der Waals surface area contributed by atoms with Gasteiger partial charge in [-0.3, -0.25) is 9.59 Å². The summed E-state index contributed by atoms with van der Waals surface area (Å²) in [6.45, 7) is 6.02. The second-order valence-corrected chi connectivity index (χ2v) is 9.42. The van der Waals surface area contributed by atoms with Gasteiger partial charge in [-0.1, -0.05) is 49.7 Å². The van der Waals surface area contributed by atoms with Crippen LogP contribution in [0.1, 0.15) is 35.7 Å². The molecule has 1 N–H and O–H groups in total. The van der Waals surface area contributed by atoms with Gasteiger partial charge < -0.3 is 19.9 Å². The number of benzene rings is 3. The molecule has 3 aromatic rings. The molecule has 8 heteroatoms. The standard InChI is InChI=1S/C28H29ClFN3O3/c1-19(2)20-7-10-22(11-8-20)36-18-27(34)31-25-17-21(29)9-12-26(25)32-13-15-33(16-14-32)28(35)23-5-3-4-6-24(23)30/h3-12,17,19H,13-16,18H2,1-2H3,(H,31,34). The van der Waals surface area contributed by atoms with E-state index in [0.29, 0.717) is 48.6 Å². The van der Waals surface area contributed by atoms with E-state index < -0.39 is 5.82 Å². The second kappa shape index (κ2) is 11.4. The minimum absolute atomic E-state index is 0.0734. The molecule has 2 amide bonds. The maximum Gasteiger partial charge on any atom is 0.262 e. The summed E-state index contributed by atoms with van der Waals surface area (Å²) in [5.41, 5.74) is 2.64. The Morgan fingerprint density at radius 2 is 1.69 bits per heavy atom. The van der Waals surface area contributed by atoms with Crippen LogP contribution in [-0.4, -0.2) is 49.5 Å². The van der Waals surface area contributed by atoms with Gasteiger partial charge in [-0.25, -0.2) is 4.39 Å². The van der Waals surface area contributed by atoms with Crippen LogP contribution >= 0.6 is 11.6 Å². The van der Waals surface area contributed by atoms with Crippen LogP contribution in [0.3, 0.4) is 0 Å². The zero-order valence-corrected chi connectivity index (χ0v) is 21.1. The largest absolute Gasteiger partial charge is 0.484 e. The van der Waals surface area contributed by atoms with Crippen LogP contribution in [0.5, 0.6) is 5.75 Å². The first-order valence-corrected chi connectivity index (χ1v) is 12.3. The molecule has 0 aliphatic carbocycles. The Kier molecular flexibility index (Phi) is 8.10. The van der Waals surface area contributed by atoms with E-state index >= 15 is 0 Å². The van der Waals surface area contributed by atoms with Gasteiger partial charge in [0, 0.05) is 31.2 Å². The summed E-state index contributed by atoms with van der Waals surface area (Å²) in [6.07, 6.45) is 0. The van der Waals surface area contributed by atoms with E-state index in [1.165, 1.54) is 17.7 Å². The second-order valence-electron chi connectivity index (χ2n) is 8.98. The van der Waals surface area contributed by atoms with Gasteiger partial charge in [0.25, 0.3) is 11.8 Å². The Labute approximate surface area is 215 Å². The van der Waals surface area contributed by atoms with Crippen molar-refractivity contribution in [2.45, 2.75) is 19.8 Å². The number of carbonyl (C=O) groups excluding carboxylic acids is 2. The van der Waals surface area contributed by atoms with Crippen molar-refractivity contribution in [3.05, 3.63) is 88.7 Å². The average molecular weight is 510 g/mol. The van der Waals surface area contributed by atoms with Crippen molar-refractivity contribution in [3.8, 4) is 5.75 Å². The van der Waals surface area contributed by atoms with Crippen molar-refractivity contribution in [1.82, 2.24) is 4.90 Å². The summed E-state index contributed by atoms with van der Waals surface area (Å²) < 4.78 is 19.7. The number of carbonyl (C=O) groups is 2. The number of nitrogens with one attached hydrogen (secondary N) is 1. The van der Waals surface area contributed by atoms with E-state index in [0.717, 1.165) is 5.69 Å². The molecule has 1 aliphatic rings. The number of amides is 2. The Balaban J connectivity index is 1.37. The predicted molar refractivity (Wildman–Crippen MR) is 141 cm³/mol. The number of halogens is 2. The van der Waals surface area contributed by atoms with Crippen LogP contribution in [0.25, 0.3) is 0 Å². The molecule has 0 aromatic heterocycles. The highest BCUT2D eigenvalue weighted by molar-refractivity contribution is 6.31. The zero-order chi connectivity index (χ0) is 25.7. The molecule has 0 radical (unpaired) electrons. The van der Waals surface area contributed by atoms with Crippen LogP contribution in [0.15, 0.2) is 66.7 Å². The average Bonchev–Trinajstić information content (AvgIpc) is 2.88. The van der Waals surface area contributed by atoms with Crippen LogP contribution in [-0.2, 0) is 4.79 Å². The lowest BCUT2D eigenvalue weighted by Gasteiger charge is -2.37. The lowest BCUT2D eigenvalue weighted by molar-refractivity contribution is -0.118. The molecule has 0 atom stereocenters. The number of piperazine rings is 1. The summed E-state index contributed by atoms with van der Waals surface area (Å²) in [4.78, 5) is 29.1. The first-order valence-electron chi connectivity index (χ1n) is 11.9. The smallest absolute Gasteiger partial charge is 0.262 e. The van der Waals surface area contributed by atoms with Crippen LogP contribution in [0, 0.1) is 5.82 Å². The highest BCUT2D eigenvalue weighted by Gasteiger charge is 2.25. The summed E-state index contributed by atoms with van der Waals surface area (Å²) >= 11 is 6.21. The Bertz CT molecular complexity index is 1220. The van der Waals surface area contributed by atoms with Crippen LogP contribution in [0.2, 0.25) is 5.02 Å². The summed E-state index contributed by atoms with van der Waals surface area (Å²) in [5, 5.41) is 3.39. The molecule has 1 heterocycles. The third kappa shape index (κ3) is 6.15. The van der Waals surface area contributed by atoms with E-state index in [9.17, 15) is 14.0 Å². The van der Waals surface area contributed by atoms with E-state index in [1.54, 1.807) is 29.2 Å². The number of nitrogens with zero attached hydrogens (tertiary/aromatic N) is 2. The fourth-order valence-corrected chi connectivity index (χ4v) is 4.30. The molecule has 3 aromatic carbocycles. The molecule has 6 nitrogen and oxygen atoms in total. The van der Waals surface area contributed by atoms with Crippen molar-refractivity contribution in [1.29, 1.82) is 0 Å². The van der Waals surface area contributed by atoms with Crippen molar-refractivity contribution >= 4 is 34.8 Å². The summed E-state index contributed by atoms with van der Waals surface area (Å²) in [7, 11) is 0. The molecule has 0 spiro atoms. The topological polar surface area (TPSA) is 61.9 Å². The molecule has 0 bridgehead atoms. The molecule has 0 unspecified atom stereocenters. The van der Waals surface area contributed by atoms with Gasteiger partial charge in [0.2, 0.25) is 0 Å². The van der Waals surface area contributed by atoms with Gasteiger partial charge in [-0.05, 0) is 53.9 Å². The minimum Gasteiger partial charge on any atom is -0.484 e. The van der Waals surface area contributed by atoms with E-state index in [2.05, 4.69) is 24.1 Å². The Morgan fingerprint density at radius 3 is 2.36 bits per heavy atom. The van der Waals surface area contributed by atoms with Crippen molar-refractivity contribution in [2.75, 3.05) is 43.0 Å². The minimum atomic E-state index is -0.522. The number of hydrogen-bond donors (Lipinski definition) is 1. The molecule has 36 heavy (non-hydrogen) atoms. The first kappa shape index (κ1) is 25.5. The Hall–Kier alpha value is -3.58. The fourth-order valence-electron chi connectivity index (χ4n) is 4.12. The molecule has 0 saturated carbocycles. The monoisotopic (exact) mass is 509 g/mol. The van der Waals surface area contributed by atoms with Gasteiger partial charge in [-0.2, -0.15) is 0 Å². The molecule has 4 rings (SSSR count). The van der Waals surface area contributed by atoms with Gasteiger partial charge in [-0.15, -0.1) is 0 Å². The number of hydrogen-bond acceptors (Lipinski definition) is 4. The molecular formula is C28H29ClFN3O3. The molecule has 1 fully saturated rings. The van der Waals surface area contributed by atoms with Crippen molar-refractivity contribution in [2.24, 2.45) is 0 Å². The third-order valence-corrected chi connectivity index (χ3v) is 6.40. The van der Waals surface area contributed by atoms with E-state index in [-0.39, 0.29) is 24.0 Å². The summed E-state index contributed by atoms with van der Waals surface area (Å²) in [5.74, 6) is -0.110. The summed E-state index contributed by atoms with van der Waals surface area (Å²) in [6, 6.07) is 19.0. The maximum absolute atomic E-state index is 14.0. The highest BCUT2D eigenvalue weighted by Crippen LogP contribution is 2.30. The van der Waals surface area contributed by atoms with Crippen molar-refractivity contribution in [3.63, 3.8) is 0 Å². The van der Waals surface area contributed by atoms with Crippen LogP contribution < -0.4 is 15.0 Å². The van der Waals surface area contributed by atoms with Crippen molar-refractivity contribution < 1.29 is 18.7 Å². The number of anilines is 2. The van der Waals surface area contributed by atoms with Gasteiger partial charge in [0.05, 0.1) is 16.9 Å². The van der Waals surface area contributed by atoms with Gasteiger partial charge >= 0.3 is 0 Å². The van der Waals surface area contributed by atoms with E-state index in [1.807, 2.05) is 30.3 Å².